The van der Waals surface area contributed by atoms with Gasteiger partial charge in [-0.2, -0.15) is 0 Å². The van der Waals surface area contributed by atoms with Gasteiger partial charge in [-0.3, -0.25) is 9.89 Å². The first-order valence-corrected chi connectivity index (χ1v) is 10.3. The first-order chi connectivity index (χ1) is 14.2. The van der Waals surface area contributed by atoms with Crippen molar-refractivity contribution < 1.29 is 9.47 Å². The lowest BCUT2D eigenvalue weighted by Crippen LogP contribution is -2.39. The van der Waals surface area contributed by atoms with Crippen LogP contribution in [0.15, 0.2) is 53.5 Å². The maximum atomic E-state index is 5.79. The van der Waals surface area contributed by atoms with Crippen LogP contribution in [0.2, 0.25) is 0 Å². The van der Waals surface area contributed by atoms with Crippen molar-refractivity contribution in [3.8, 4) is 5.75 Å². The Hall–Kier alpha value is -2.57. The molecule has 0 atom stereocenters. The lowest BCUT2D eigenvalue weighted by Gasteiger charge is -2.27. The number of morpholine rings is 1. The number of hydrogen-bond acceptors (Lipinski definition) is 4. The molecule has 1 aliphatic rings. The van der Waals surface area contributed by atoms with Gasteiger partial charge in [-0.15, -0.1) is 0 Å². The van der Waals surface area contributed by atoms with Crippen molar-refractivity contribution in [2.45, 2.75) is 20.0 Å². The third-order valence-corrected chi connectivity index (χ3v) is 4.94. The van der Waals surface area contributed by atoms with Crippen molar-refractivity contribution >= 4 is 5.96 Å². The predicted molar refractivity (Wildman–Crippen MR) is 117 cm³/mol. The van der Waals surface area contributed by atoms with Crippen LogP contribution in [-0.2, 0) is 17.8 Å². The van der Waals surface area contributed by atoms with Crippen LogP contribution in [-0.4, -0.2) is 57.4 Å². The quantitative estimate of drug-likeness (QED) is 0.408. The number of benzene rings is 2. The molecule has 29 heavy (non-hydrogen) atoms. The molecule has 2 aromatic rings. The maximum Gasteiger partial charge on any atom is 0.191 e. The van der Waals surface area contributed by atoms with Crippen LogP contribution in [0, 0.1) is 6.92 Å². The Morgan fingerprint density at radius 1 is 1.07 bits per heavy atom. The van der Waals surface area contributed by atoms with Crippen LogP contribution in [0.4, 0.5) is 0 Å². The van der Waals surface area contributed by atoms with E-state index in [0.717, 1.165) is 51.1 Å². The molecule has 0 radical (unpaired) electrons. The molecule has 0 bridgehead atoms. The third kappa shape index (κ3) is 7.07. The van der Waals surface area contributed by atoms with Crippen LogP contribution in [0.3, 0.4) is 0 Å². The first-order valence-electron chi connectivity index (χ1n) is 10.3. The van der Waals surface area contributed by atoms with Gasteiger partial charge in [0.2, 0.25) is 0 Å². The number of hydrogen-bond donors (Lipinski definition) is 2. The number of aliphatic imine (C=N–C) groups is 1. The molecule has 0 amide bonds. The topological polar surface area (TPSA) is 58.1 Å². The number of nitrogens with one attached hydrogen (secondary N) is 2. The maximum absolute atomic E-state index is 5.79. The molecule has 0 saturated carbocycles. The van der Waals surface area contributed by atoms with Crippen LogP contribution in [0.25, 0.3) is 0 Å². The summed E-state index contributed by atoms with van der Waals surface area (Å²) < 4.78 is 11.2. The summed E-state index contributed by atoms with van der Waals surface area (Å²) in [7, 11) is 1.79. The van der Waals surface area contributed by atoms with Gasteiger partial charge in [0, 0.05) is 33.2 Å². The Kier molecular flexibility index (Phi) is 8.34. The van der Waals surface area contributed by atoms with Crippen molar-refractivity contribution in [3.05, 3.63) is 65.2 Å². The van der Waals surface area contributed by atoms with E-state index in [-0.39, 0.29) is 0 Å². The van der Waals surface area contributed by atoms with Gasteiger partial charge < -0.3 is 20.1 Å². The lowest BCUT2D eigenvalue weighted by atomic mass is 10.1. The summed E-state index contributed by atoms with van der Waals surface area (Å²) in [6.07, 6.45) is 0. The summed E-state index contributed by atoms with van der Waals surface area (Å²) in [6, 6.07) is 16.7. The standard InChI is InChI=1S/C23H32N4O2/c1-19-6-5-9-22(16-19)29-13-10-25-23(24-2)26-17-20-7-3-4-8-21(20)18-27-11-14-28-15-12-27/h3-9,16H,10-15,17-18H2,1-2H3,(H2,24,25,26). The zero-order valence-corrected chi connectivity index (χ0v) is 17.5. The van der Waals surface area contributed by atoms with Crippen molar-refractivity contribution in [2.24, 2.45) is 4.99 Å². The molecule has 3 rings (SSSR count). The highest BCUT2D eigenvalue weighted by molar-refractivity contribution is 5.79. The fraction of sp³-hybridized carbons (Fsp3) is 0.435. The second-order valence-corrected chi connectivity index (χ2v) is 7.17. The van der Waals surface area contributed by atoms with Crippen molar-refractivity contribution in [3.63, 3.8) is 0 Å². The molecule has 6 nitrogen and oxygen atoms in total. The van der Waals surface area contributed by atoms with Gasteiger partial charge in [-0.25, -0.2) is 0 Å². The molecular formula is C23H32N4O2. The van der Waals surface area contributed by atoms with Gasteiger partial charge in [0.1, 0.15) is 12.4 Å². The molecule has 1 saturated heterocycles. The molecule has 0 aromatic heterocycles. The number of ether oxygens (including phenoxy) is 2. The Morgan fingerprint density at radius 2 is 1.86 bits per heavy atom. The van der Waals surface area contributed by atoms with Gasteiger partial charge in [0.05, 0.1) is 19.8 Å². The lowest BCUT2D eigenvalue weighted by molar-refractivity contribution is 0.0341. The molecule has 2 N–H and O–H groups in total. The zero-order valence-electron chi connectivity index (χ0n) is 17.5. The smallest absolute Gasteiger partial charge is 0.191 e. The fourth-order valence-corrected chi connectivity index (χ4v) is 3.33. The summed E-state index contributed by atoms with van der Waals surface area (Å²) in [5.41, 5.74) is 3.83. The summed E-state index contributed by atoms with van der Waals surface area (Å²) in [5.74, 6) is 1.67. The minimum atomic E-state index is 0.581. The highest BCUT2D eigenvalue weighted by atomic mass is 16.5. The van der Waals surface area contributed by atoms with Gasteiger partial charge in [0.15, 0.2) is 5.96 Å². The Bertz CT molecular complexity index is 788. The average molecular weight is 397 g/mol. The van der Waals surface area contributed by atoms with E-state index in [0.29, 0.717) is 13.2 Å². The molecule has 6 heteroatoms. The van der Waals surface area contributed by atoms with E-state index in [1.165, 1.54) is 16.7 Å². The molecule has 156 valence electrons. The van der Waals surface area contributed by atoms with Gasteiger partial charge in [-0.1, -0.05) is 36.4 Å². The van der Waals surface area contributed by atoms with E-state index < -0.39 is 0 Å². The normalized spacial score (nSPS) is 15.2. The Morgan fingerprint density at radius 3 is 2.62 bits per heavy atom. The Labute approximate surface area is 173 Å². The van der Waals surface area contributed by atoms with E-state index in [9.17, 15) is 0 Å². The van der Waals surface area contributed by atoms with E-state index in [1.807, 2.05) is 18.2 Å². The molecule has 1 aliphatic heterocycles. The number of guanidine groups is 1. The van der Waals surface area contributed by atoms with Gasteiger partial charge in [-0.05, 0) is 35.7 Å². The number of nitrogens with zero attached hydrogens (tertiary/aromatic N) is 2. The molecule has 0 spiro atoms. The van der Waals surface area contributed by atoms with Crippen molar-refractivity contribution in [1.29, 1.82) is 0 Å². The SMILES string of the molecule is CN=C(NCCOc1cccc(C)c1)NCc1ccccc1CN1CCOCC1. The van der Waals surface area contributed by atoms with Crippen LogP contribution < -0.4 is 15.4 Å². The predicted octanol–water partition coefficient (Wildman–Crippen LogP) is 2.57. The molecule has 1 fully saturated rings. The Balaban J connectivity index is 1.44. The van der Waals surface area contributed by atoms with E-state index >= 15 is 0 Å². The summed E-state index contributed by atoms with van der Waals surface area (Å²) in [6.45, 7) is 8.64. The number of rotatable bonds is 8. The molecule has 0 aliphatic carbocycles. The highest BCUT2D eigenvalue weighted by Gasteiger charge is 2.12. The van der Waals surface area contributed by atoms with Gasteiger partial charge >= 0.3 is 0 Å². The van der Waals surface area contributed by atoms with E-state index in [1.54, 1.807) is 7.05 Å². The fourth-order valence-electron chi connectivity index (χ4n) is 3.33. The summed E-state index contributed by atoms with van der Waals surface area (Å²) in [5, 5.41) is 6.72. The monoisotopic (exact) mass is 396 g/mol. The number of aryl methyl sites for hydroxylation is 1. The van der Waals surface area contributed by atoms with Gasteiger partial charge in [0.25, 0.3) is 0 Å². The van der Waals surface area contributed by atoms with Crippen LogP contribution in [0.1, 0.15) is 16.7 Å². The van der Waals surface area contributed by atoms with Crippen molar-refractivity contribution in [2.75, 3.05) is 46.5 Å². The van der Waals surface area contributed by atoms with Crippen LogP contribution >= 0.6 is 0 Å². The average Bonchev–Trinajstić information content (AvgIpc) is 2.75. The minimum Gasteiger partial charge on any atom is -0.492 e. The molecule has 0 unspecified atom stereocenters. The van der Waals surface area contributed by atoms with Crippen molar-refractivity contribution in [1.82, 2.24) is 15.5 Å². The largest absolute Gasteiger partial charge is 0.492 e. The molecule has 2 aromatic carbocycles. The molecule has 1 heterocycles. The highest BCUT2D eigenvalue weighted by Crippen LogP contribution is 2.13. The van der Waals surface area contributed by atoms with E-state index in [2.05, 4.69) is 57.8 Å². The summed E-state index contributed by atoms with van der Waals surface area (Å²) in [4.78, 5) is 6.76. The molecular weight excluding hydrogens is 364 g/mol. The first kappa shape index (κ1) is 21.1. The second kappa shape index (κ2) is 11.4. The third-order valence-electron chi connectivity index (χ3n) is 4.94. The zero-order chi connectivity index (χ0) is 20.3. The summed E-state index contributed by atoms with van der Waals surface area (Å²) >= 11 is 0. The second-order valence-electron chi connectivity index (χ2n) is 7.17. The van der Waals surface area contributed by atoms with Crippen LogP contribution in [0.5, 0.6) is 5.75 Å². The minimum absolute atomic E-state index is 0.581. The van der Waals surface area contributed by atoms with E-state index in [4.69, 9.17) is 9.47 Å².